The molecule has 0 radical (unpaired) electrons. The number of hydrogen-bond donors (Lipinski definition) is 0. The zero-order valence-electron chi connectivity index (χ0n) is 6.06. The van der Waals surface area contributed by atoms with Crippen molar-refractivity contribution in [2.24, 2.45) is 0 Å². The molecule has 0 unspecified atom stereocenters. The molecule has 0 bridgehead atoms. The van der Waals surface area contributed by atoms with Crippen LogP contribution in [0.4, 0.5) is 0 Å². The summed E-state index contributed by atoms with van der Waals surface area (Å²) in [6.07, 6.45) is 6.40. The smallest absolute Gasteiger partial charge is 0.0963 e. The Morgan fingerprint density at radius 1 is 1.50 bits per heavy atom. The van der Waals surface area contributed by atoms with E-state index in [0.29, 0.717) is 0 Å². The Morgan fingerprint density at radius 2 is 2.30 bits per heavy atom. The van der Waals surface area contributed by atoms with Gasteiger partial charge in [0.1, 0.15) is 0 Å². The van der Waals surface area contributed by atoms with Crippen LogP contribution in [0.15, 0.2) is 21.5 Å². The van der Waals surface area contributed by atoms with Crippen LogP contribution in [0.3, 0.4) is 0 Å². The Balaban J connectivity index is 2.47. The number of allylic oxidation sites excluding steroid dienone is 4. The van der Waals surface area contributed by atoms with Gasteiger partial charge in [-0.3, -0.25) is 0 Å². The predicted octanol–water partition coefficient (Wildman–Crippen LogP) is 3.02. The van der Waals surface area contributed by atoms with Gasteiger partial charge in [0.2, 0.25) is 0 Å². The van der Waals surface area contributed by atoms with E-state index in [1.165, 1.54) is 3.58 Å². The van der Waals surface area contributed by atoms with Gasteiger partial charge in [0.15, 0.2) is 0 Å². The quantitative estimate of drug-likeness (QED) is 0.684. The van der Waals surface area contributed by atoms with Crippen LogP contribution in [0.5, 0.6) is 0 Å². The monoisotopic (exact) mass is 250 g/mol. The van der Waals surface area contributed by atoms with E-state index in [-0.39, 0.29) is 0 Å². The van der Waals surface area contributed by atoms with Crippen LogP contribution in [0.25, 0.3) is 0 Å². The SMILES string of the molecule is CCOC1=CC=C(I)CC1. The highest BCUT2D eigenvalue weighted by Crippen LogP contribution is 2.23. The van der Waals surface area contributed by atoms with E-state index in [1.807, 2.05) is 6.92 Å². The van der Waals surface area contributed by atoms with E-state index in [9.17, 15) is 0 Å². The van der Waals surface area contributed by atoms with Crippen LogP contribution >= 0.6 is 22.6 Å². The van der Waals surface area contributed by atoms with Crippen molar-refractivity contribution in [3.05, 3.63) is 21.5 Å². The van der Waals surface area contributed by atoms with Gasteiger partial charge in [0.25, 0.3) is 0 Å². The predicted molar refractivity (Wildman–Crippen MR) is 51.0 cm³/mol. The maximum Gasteiger partial charge on any atom is 0.0963 e. The first-order chi connectivity index (χ1) is 4.83. The van der Waals surface area contributed by atoms with Crippen molar-refractivity contribution in [3.63, 3.8) is 0 Å². The van der Waals surface area contributed by atoms with Gasteiger partial charge in [0.05, 0.1) is 12.4 Å². The maximum atomic E-state index is 5.34. The average molecular weight is 250 g/mol. The summed E-state index contributed by atoms with van der Waals surface area (Å²) in [5.41, 5.74) is 0. The van der Waals surface area contributed by atoms with Gasteiger partial charge in [-0.1, -0.05) is 0 Å². The van der Waals surface area contributed by atoms with E-state index in [1.54, 1.807) is 0 Å². The Kier molecular flexibility index (Phi) is 3.25. The van der Waals surface area contributed by atoms with E-state index >= 15 is 0 Å². The molecule has 0 saturated heterocycles. The van der Waals surface area contributed by atoms with Crippen LogP contribution < -0.4 is 0 Å². The molecule has 0 saturated carbocycles. The lowest BCUT2D eigenvalue weighted by Crippen LogP contribution is -1.94. The number of rotatable bonds is 2. The summed E-state index contributed by atoms with van der Waals surface area (Å²) in [6, 6.07) is 0. The minimum Gasteiger partial charge on any atom is -0.498 e. The van der Waals surface area contributed by atoms with Crippen LogP contribution in [-0.2, 0) is 4.74 Å². The lowest BCUT2D eigenvalue weighted by molar-refractivity contribution is 0.218. The Morgan fingerprint density at radius 3 is 2.80 bits per heavy atom. The van der Waals surface area contributed by atoms with Gasteiger partial charge < -0.3 is 4.74 Å². The molecule has 0 aromatic rings. The van der Waals surface area contributed by atoms with E-state index in [4.69, 9.17) is 4.74 Å². The standard InChI is InChI=1S/C8H11IO/c1-2-10-8-5-3-7(9)4-6-8/h3,5H,2,4,6H2,1H3. The summed E-state index contributed by atoms with van der Waals surface area (Å²) >= 11 is 2.36. The summed E-state index contributed by atoms with van der Waals surface area (Å²) in [6.45, 7) is 2.81. The zero-order valence-corrected chi connectivity index (χ0v) is 8.22. The van der Waals surface area contributed by atoms with Gasteiger partial charge >= 0.3 is 0 Å². The van der Waals surface area contributed by atoms with Gasteiger partial charge in [-0.05, 0) is 51.7 Å². The summed E-state index contributed by atoms with van der Waals surface area (Å²) < 4.78 is 6.76. The molecule has 0 spiro atoms. The minimum atomic E-state index is 0.788. The van der Waals surface area contributed by atoms with Crippen molar-refractivity contribution in [2.45, 2.75) is 19.8 Å². The molecule has 1 aliphatic rings. The Labute approximate surface area is 75.3 Å². The molecule has 0 amide bonds. The molecule has 0 aromatic carbocycles. The van der Waals surface area contributed by atoms with Crippen LogP contribution in [-0.4, -0.2) is 6.61 Å². The molecule has 2 heteroatoms. The first-order valence-electron chi connectivity index (χ1n) is 3.51. The van der Waals surface area contributed by atoms with E-state index in [2.05, 4.69) is 34.7 Å². The molecule has 10 heavy (non-hydrogen) atoms. The third-order valence-electron chi connectivity index (χ3n) is 1.39. The first kappa shape index (κ1) is 8.11. The van der Waals surface area contributed by atoms with Gasteiger partial charge in [0, 0.05) is 6.42 Å². The largest absolute Gasteiger partial charge is 0.498 e. The minimum absolute atomic E-state index is 0.788. The molecule has 56 valence electrons. The number of hydrogen-bond acceptors (Lipinski definition) is 1. The molecule has 0 N–H and O–H groups in total. The summed E-state index contributed by atoms with van der Waals surface area (Å²) in [5.74, 6) is 1.13. The number of halogens is 1. The van der Waals surface area contributed by atoms with Gasteiger partial charge in [-0.15, -0.1) is 0 Å². The van der Waals surface area contributed by atoms with Gasteiger partial charge in [-0.2, -0.15) is 0 Å². The highest BCUT2D eigenvalue weighted by Gasteiger charge is 2.02. The molecule has 0 fully saturated rings. The third-order valence-corrected chi connectivity index (χ3v) is 2.29. The second-order valence-electron chi connectivity index (χ2n) is 2.18. The van der Waals surface area contributed by atoms with Crippen molar-refractivity contribution in [2.75, 3.05) is 6.61 Å². The fraction of sp³-hybridized carbons (Fsp3) is 0.500. The average Bonchev–Trinajstić information content (AvgIpc) is 1.95. The molecule has 0 aromatic heterocycles. The number of ether oxygens (including phenoxy) is 1. The van der Waals surface area contributed by atoms with E-state index < -0.39 is 0 Å². The summed E-state index contributed by atoms with van der Waals surface area (Å²) in [4.78, 5) is 0. The van der Waals surface area contributed by atoms with Crippen molar-refractivity contribution in [1.82, 2.24) is 0 Å². The van der Waals surface area contributed by atoms with Crippen molar-refractivity contribution >= 4 is 22.6 Å². The normalized spacial score (nSPS) is 17.8. The van der Waals surface area contributed by atoms with Crippen molar-refractivity contribution < 1.29 is 4.74 Å². The highest BCUT2D eigenvalue weighted by molar-refractivity contribution is 14.1. The molecule has 1 rings (SSSR count). The van der Waals surface area contributed by atoms with Crippen LogP contribution in [0.2, 0.25) is 0 Å². The van der Waals surface area contributed by atoms with E-state index in [0.717, 1.165) is 25.2 Å². The molecule has 0 atom stereocenters. The molecule has 0 heterocycles. The molecule has 0 aliphatic heterocycles. The van der Waals surface area contributed by atoms with Gasteiger partial charge in [-0.25, -0.2) is 0 Å². The fourth-order valence-electron chi connectivity index (χ4n) is 0.898. The Hall–Kier alpha value is 0.01000. The summed E-state index contributed by atoms with van der Waals surface area (Å²) in [5, 5.41) is 0. The van der Waals surface area contributed by atoms with Crippen molar-refractivity contribution in [3.8, 4) is 0 Å². The second kappa shape index (κ2) is 4.01. The highest BCUT2D eigenvalue weighted by atomic mass is 127. The maximum absolute atomic E-state index is 5.34. The van der Waals surface area contributed by atoms with Crippen molar-refractivity contribution in [1.29, 1.82) is 0 Å². The molecular weight excluding hydrogens is 239 g/mol. The fourth-order valence-corrected chi connectivity index (χ4v) is 1.35. The summed E-state index contributed by atoms with van der Waals surface area (Å²) in [7, 11) is 0. The Bertz CT molecular complexity index is 166. The van der Waals surface area contributed by atoms with Crippen LogP contribution in [0, 0.1) is 0 Å². The van der Waals surface area contributed by atoms with Crippen LogP contribution in [0.1, 0.15) is 19.8 Å². The third kappa shape index (κ3) is 2.33. The zero-order chi connectivity index (χ0) is 7.40. The lowest BCUT2D eigenvalue weighted by atomic mass is 10.2. The molecule has 1 nitrogen and oxygen atoms in total. The second-order valence-corrected chi connectivity index (χ2v) is 3.57. The molecular formula is C8H11IO. The first-order valence-corrected chi connectivity index (χ1v) is 4.59. The lowest BCUT2D eigenvalue weighted by Gasteiger charge is -2.10. The molecule has 1 aliphatic carbocycles. The topological polar surface area (TPSA) is 9.23 Å².